The zero-order valence-corrected chi connectivity index (χ0v) is 20.6. The van der Waals surface area contributed by atoms with E-state index in [0.29, 0.717) is 26.2 Å². The molecule has 1 aliphatic carbocycles. The van der Waals surface area contributed by atoms with Crippen molar-refractivity contribution in [2.45, 2.75) is 52.7 Å². The maximum absolute atomic E-state index is 12.1. The first kappa shape index (κ1) is 24.2. The van der Waals surface area contributed by atoms with Gasteiger partial charge in [-0.2, -0.15) is 0 Å². The monoisotopic (exact) mass is 458 g/mol. The van der Waals surface area contributed by atoms with Crippen molar-refractivity contribution in [1.82, 2.24) is 0 Å². The topological polar surface area (TPSA) is 44.8 Å². The van der Waals surface area contributed by atoms with Gasteiger partial charge in [-0.3, -0.25) is 0 Å². The Morgan fingerprint density at radius 2 is 1.41 bits per heavy atom. The lowest BCUT2D eigenvalue weighted by molar-refractivity contribution is -0.156. The van der Waals surface area contributed by atoms with Crippen LogP contribution in [0, 0.1) is 13.8 Å². The summed E-state index contributed by atoms with van der Waals surface area (Å²) in [5.41, 5.74) is 9.88. The Balaban J connectivity index is 1.39. The molecule has 1 aliphatic rings. The summed E-state index contributed by atoms with van der Waals surface area (Å²) < 4.78 is 17.2. The van der Waals surface area contributed by atoms with E-state index < -0.39 is 6.10 Å². The number of hydrogen-bond donors (Lipinski definition) is 0. The highest BCUT2D eigenvalue weighted by atomic mass is 16.6. The maximum Gasteiger partial charge on any atom is 0.335 e. The summed E-state index contributed by atoms with van der Waals surface area (Å²) in [6.07, 6.45) is 0.750. The predicted molar refractivity (Wildman–Crippen MR) is 135 cm³/mol. The minimum atomic E-state index is -0.561. The number of hydrogen-bond acceptors (Lipinski definition) is 4. The standard InChI is InChI=1S/C30H34O4/c1-5-32-28(30(31)33-6-2)19-23-11-9-22(10-12-23)15-16-34-29-24-13-7-20(3)17-26(24)27-18-21(4)8-14-25(27)29/h7-14,17-18,28-29H,5-6,15-16,19H2,1-4H3. The van der Waals surface area contributed by atoms with Crippen LogP contribution in [0.5, 0.6) is 0 Å². The van der Waals surface area contributed by atoms with Gasteiger partial charge in [-0.1, -0.05) is 71.8 Å². The molecule has 0 saturated heterocycles. The first-order chi connectivity index (χ1) is 16.5. The summed E-state index contributed by atoms with van der Waals surface area (Å²) >= 11 is 0. The van der Waals surface area contributed by atoms with Gasteiger partial charge < -0.3 is 14.2 Å². The molecule has 4 rings (SSSR count). The Bertz CT molecular complexity index is 1080. The van der Waals surface area contributed by atoms with Crippen LogP contribution in [0.4, 0.5) is 0 Å². The molecule has 0 saturated carbocycles. The van der Waals surface area contributed by atoms with Crippen LogP contribution in [-0.2, 0) is 31.8 Å². The maximum atomic E-state index is 12.1. The third-order valence-electron chi connectivity index (χ3n) is 6.31. The minimum absolute atomic E-state index is 0.0259. The van der Waals surface area contributed by atoms with Crippen LogP contribution in [0.1, 0.15) is 53.3 Å². The van der Waals surface area contributed by atoms with Gasteiger partial charge in [0.15, 0.2) is 6.10 Å². The van der Waals surface area contributed by atoms with Gasteiger partial charge in [0.1, 0.15) is 6.10 Å². The molecule has 3 aromatic rings. The van der Waals surface area contributed by atoms with Crippen LogP contribution in [-0.4, -0.2) is 31.9 Å². The van der Waals surface area contributed by atoms with E-state index in [4.69, 9.17) is 14.2 Å². The molecule has 178 valence electrons. The average Bonchev–Trinajstić information content (AvgIpc) is 3.12. The van der Waals surface area contributed by atoms with E-state index in [-0.39, 0.29) is 12.1 Å². The Morgan fingerprint density at radius 1 is 0.824 bits per heavy atom. The summed E-state index contributed by atoms with van der Waals surface area (Å²) in [5, 5.41) is 0. The van der Waals surface area contributed by atoms with Crippen molar-refractivity contribution in [3.8, 4) is 11.1 Å². The molecule has 4 heteroatoms. The fourth-order valence-corrected chi connectivity index (χ4v) is 4.61. The van der Waals surface area contributed by atoms with E-state index in [0.717, 1.165) is 12.0 Å². The van der Waals surface area contributed by atoms with Gasteiger partial charge in [0.2, 0.25) is 0 Å². The number of carbonyl (C=O) groups excluding carboxylic acids is 1. The van der Waals surface area contributed by atoms with Crippen molar-refractivity contribution in [3.63, 3.8) is 0 Å². The van der Waals surface area contributed by atoms with Gasteiger partial charge >= 0.3 is 5.97 Å². The van der Waals surface area contributed by atoms with Gasteiger partial charge in [-0.25, -0.2) is 4.79 Å². The third kappa shape index (κ3) is 5.40. The van der Waals surface area contributed by atoms with E-state index in [2.05, 4.69) is 74.5 Å². The molecule has 3 aromatic carbocycles. The van der Waals surface area contributed by atoms with Crippen molar-refractivity contribution in [2.75, 3.05) is 19.8 Å². The van der Waals surface area contributed by atoms with Crippen LogP contribution in [0.3, 0.4) is 0 Å². The van der Waals surface area contributed by atoms with Crippen molar-refractivity contribution >= 4 is 5.97 Å². The highest BCUT2D eigenvalue weighted by Crippen LogP contribution is 2.46. The second kappa shape index (κ2) is 11.0. The number of carbonyl (C=O) groups is 1. The van der Waals surface area contributed by atoms with E-state index >= 15 is 0 Å². The molecule has 0 amide bonds. The second-order valence-corrected chi connectivity index (χ2v) is 8.90. The second-order valence-electron chi connectivity index (χ2n) is 8.90. The molecule has 34 heavy (non-hydrogen) atoms. The number of rotatable bonds is 10. The largest absolute Gasteiger partial charge is 0.464 e. The molecule has 1 atom stereocenters. The van der Waals surface area contributed by atoms with Crippen molar-refractivity contribution in [2.24, 2.45) is 0 Å². The van der Waals surface area contributed by atoms with E-state index in [1.54, 1.807) is 0 Å². The molecule has 0 heterocycles. The van der Waals surface area contributed by atoms with Crippen LogP contribution in [0.2, 0.25) is 0 Å². The first-order valence-corrected chi connectivity index (χ1v) is 12.2. The summed E-state index contributed by atoms with van der Waals surface area (Å²) in [4.78, 5) is 12.1. The Kier molecular flexibility index (Phi) is 7.81. The smallest absolute Gasteiger partial charge is 0.335 e. The van der Waals surface area contributed by atoms with Gasteiger partial charge in [0, 0.05) is 13.0 Å². The number of ether oxygens (including phenoxy) is 3. The lowest BCUT2D eigenvalue weighted by Gasteiger charge is -2.16. The molecule has 0 aliphatic heterocycles. The van der Waals surface area contributed by atoms with Gasteiger partial charge in [0.05, 0.1) is 13.2 Å². The number of benzene rings is 3. The highest BCUT2D eigenvalue weighted by Gasteiger charge is 2.29. The van der Waals surface area contributed by atoms with E-state index in [1.807, 2.05) is 13.8 Å². The average molecular weight is 459 g/mol. The molecule has 4 nitrogen and oxygen atoms in total. The molecule has 0 aromatic heterocycles. The normalized spacial score (nSPS) is 13.4. The van der Waals surface area contributed by atoms with Crippen molar-refractivity contribution < 1.29 is 19.0 Å². The fourth-order valence-electron chi connectivity index (χ4n) is 4.61. The fraction of sp³-hybridized carbons (Fsp3) is 0.367. The lowest BCUT2D eigenvalue weighted by Crippen LogP contribution is -2.29. The van der Waals surface area contributed by atoms with Crippen LogP contribution >= 0.6 is 0 Å². The lowest BCUT2D eigenvalue weighted by atomic mass is 10.0. The zero-order chi connectivity index (χ0) is 24.1. The minimum Gasteiger partial charge on any atom is -0.464 e. The quantitative estimate of drug-likeness (QED) is 0.342. The van der Waals surface area contributed by atoms with Gasteiger partial charge in [-0.15, -0.1) is 0 Å². The summed E-state index contributed by atoms with van der Waals surface area (Å²) in [6, 6.07) is 21.6. The molecule has 1 unspecified atom stereocenters. The highest BCUT2D eigenvalue weighted by molar-refractivity contribution is 5.79. The van der Waals surface area contributed by atoms with E-state index in [1.165, 1.54) is 38.9 Å². The Labute approximate surface area is 202 Å². The van der Waals surface area contributed by atoms with Crippen LogP contribution in [0.25, 0.3) is 11.1 Å². The summed E-state index contributed by atoms with van der Waals surface area (Å²) in [7, 11) is 0. The van der Waals surface area contributed by atoms with Crippen molar-refractivity contribution in [1.29, 1.82) is 0 Å². The molecule has 0 bridgehead atoms. The zero-order valence-electron chi connectivity index (χ0n) is 20.6. The predicted octanol–water partition coefficient (Wildman–Crippen LogP) is 6.14. The number of esters is 1. The molecular weight excluding hydrogens is 424 g/mol. The number of fused-ring (bicyclic) bond motifs is 3. The Hall–Kier alpha value is -2.95. The summed E-state index contributed by atoms with van der Waals surface area (Å²) in [5.74, 6) is -0.302. The summed E-state index contributed by atoms with van der Waals surface area (Å²) in [6.45, 7) is 9.44. The number of aryl methyl sites for hydroxylation is 2. The SMILES string of the molecule is CCOC(=O)C(Cc1ccc(CCOC2c3ccc(C)cc3-c3cc(C)ccc32)cc1)OCC. The van der Waals surface area contributed by atoms with Gasteiger partial charge in [0.25, 0.3) is 0 Å². The molecule has 0 fully saturated rings. The van der Waals surface area contributed by atoms with Crippen LogP contribution < -0.4 is 0 Å². The van der Waals surface area contributed by atoms with Crippen LogP contribution in [0.15, 0.2) is 60.7 Å². The molecule has 0 radical (unpaired) electrons. The third-order valence-corrected chi connectivity index (χ3v) is 6.31. The first-order valence-electron chi connectivity index (χ1n) is 12.2. The molecule has 0 spiro atoms. The molecular formula is C30H34O4. The van der Waals surface area contributed by atoms with Gasteiger partial charge in [-0.05, 0) is 67.5 Å². The van der Waals surface area contributed by atoms with Crippen molar-refractivity contribution in [3.05, 3.63) is 94.0 Å². The molecule has 0 N–H and O–H groups in total. The Morgan fingerprint density at radius 3 is 1.97 bits per heavy atom. The van der Waals surface area contributed by atoms with E-state index in [9.17, 15) is 4.79 Å².